The maximum Gasteiger partial charge on any atom is 0.183 e. The molecule has 0 aliphatic heterocycles. The topological polar surface area (TPSA) is 75.0 Å². The van der Waals surface area contributed by atoms with Crippen LogP contribution in [0.3, 0.4) is 0 Å². The number of nitriles is 1. The molecule has 0 unspecified atom stereocenters. The summed E-state index contributed by atoms with van der Waals surface area (Å²) >= 11 is 5.79. The number of rotatable bonds is 4. The van der Waals surface area contributed by atoms with E-state index >= 15 is 0 Å². The van der Waals surface area contributed by atoms with Crippen molar-refractivity contribution >= 4 is 27.7 Å². The molecule has 1 fully saturated rings. The van der Waals surface area contributed by atoms with Gasteiger partial charge in [-0.2, -0.15) is 5.26 Å². The summed E-state index contributed by atoms with van der Waals surface area (Å²) in [6.45, 7) is 0. The molecule has 0 aromatic heterocycles. The van der Waals surface area contributed by atoms with Crippen molar-refractivity contribution in [2.24, 2.45) is 5.41 Å². The smallest absolute Gasteiger partial charge is 0.183 e. The van der Waals surface area contributed by atoms with Crippen molar-refractivity contribution in [3.63, 3.8) is 0 Å². The van der Waals surface area contributed by atoms with E-state index in [0.29, 0.717) is 16.9 Å². The number of halogens is 1. The monoisotopic (exact) mass is 345 g/mol. The summed E-state index contributed by atoms with van der Waals surface area (Å²) in [6.07, 6.45) is 0.461. The lowest BCUT2D eigenvalue weighted by molar-refractivity contribution is -0.110. The van der Waals surface area contributed by atoms with E-state index in [-0.39, 0.29) is 4.90 Å². The van der Waals surface area contributed by atoms with Crippen molar-refractivity contribution in [2.45, 2.75) is 16.1 Å². The van der Waals surface area contributed by atoms with Crippen molar-refractivity contribution < 1.29 is 13.2 Å². The Bertz CT molecular complexity index is 888. The zero-order chi connectivity index (χ0) is 16.7. The predicted octanol–water partition coefficient (Wildman–Crippen LogP) is 2.99. The minimum Gasteiger partial charge on any atom is -0.302 e. The molecule has 6 heteroatoms. The van der Waals surface area contributed by atoms with Gasteiger partial charge >= 0.3 is 0 Å². The second-order valence-electron chi connectivity index (χ2n) is 5.47. The number of hydrogen-bond acceptors (Lipinski definition) is 4. The molecule has 1 aliphatic rings. The molecule has 3 atom stereocenters. The molecule has 0 heterocycles. The molecule has 0 radical (unpaired) electrons. The summed E-state index contributed by atoms with van der Waals surface area (Å²) in [6, 6.07) is 16.4. The third-order valence-electron chi connectivity index (χ3n) is 4.20. The van der Waals surface area contributed by atoms with Gasteiger partial charge in [-0.1, -0.05) is 41.9 Å². The Kier molecular flexibility index (Phi) is 3.75. The molecular formula is C17H12ClNO3S. The Labute approximate surface area is 139 Å². The van der Waals surface area contributed by atoms with Crippen LogP contribution in [0.25, 0.3) is 0 Å². The average Bonchev–Trinajstić information content (AvgIpc) is 3.27. The van der Waals surface area contributed by atoms with E-state index in [4.69, 9.17) is 11.6 Å². The van der Waals surface area contributed by atoms with Crippen molar-refractivity contribution in [1.29, 1.82) is 5.26 Å². The van der Waals surface area contributed by atoms with E-state index in [1.54, 1.807) is 30.3 Å². The lowest BCUT2D eigenvalue weighted by Gasteiger charge is -2.04. The lowest BCUT2D eigenvalue weighted by atomic mass is 10.0. The zero-order valence-corrected chi connectivity index (χ0v) is 13.5. The zero-order valence-electron chi connectivity index (χ0n) is 11.9. The first-order valence-corrected chi connectivity index (χ1v) is 8.82. The fraction of sp³-hybridized carbons (Fsp3) is 0.176. The van der Waals surface area contributed by atoms with Crippen LogP contribution in [0.2, 0.25) is 5.02 Å². The average molecular weight is 346 g/mol. The minimum atomic E-state index is -3.82. The van der Waals surface area contributed by atoms with Gasteiger partial charge in [0.05, 0.1) is 11.0 Å². The van der Waals surface area contributed by atoms with Gasteiger partial charge in [0.1, 0.15) is 17.0 Å². The van der Waals surface area contributed by atoms with E-state index in [0.717, 1.165) is 0 Å². The quantitative estimate of drug-likeness (QED) is 0.798. The Balaban J connectivity index is 2.09. The number of nitrogens with zero attached hydrogens (tertiary/aromatic N) is 1. The summed E-state index contributed by atoms with van der Waals surface area (Å²) in [5.41, 5.74) is -0.872. The van der Waals surface area contributed by atoms with Crippen molar-refractivity contribution in [3.05, 3.63) is 65.2 Å². The molecule has 2 aromatic carbocycles. The highest BCUT2D eigenvalue weighted by atomic mass is 35.5. The molecule has 4 nitrogen and oxygen atoms in total. The Morgan fingerprint density at radius 2 is 1.70 bits per heavy atom. The van der Waals surface area contributed by atoms with Gasteiger partial charge in [0.25, 0.3) is 0 Å². The summed E-state index contributed by atoms with van der Waals surface area (Å²) < 4.78 is 25.7. The molecule has 0 spiro atoms. The highest BCUT2D eigenvalue weighted by molar-refractivity contribution is 7.92. The molecule has 0 N–H and O–H groups in total. The van der Waals surface area contributed by atoms with E-state index in [2.05, 4.69) is 0 Å². The van der Waals surface area contributed by atoms with Gasteiger partial charge in [-0.05, 0) is 29.8 Å². The number of sulfone groups is 1. The Morgan fingerprint density at radius 1 is 1.09 bits per heavy atom. The first-order chi connectivity index (χ1) is 11.0. The van der Waals surface area contributed by atoms with Gasteiger partial charge in [0.15, 0.2) is 9.84 Å². The normalized spacial score (nSPS) is 26.3. The third-order valence-corrected chi connectivity index (χ3v) is 6.71. The Hall–Kier alpha value is -2.16. The van der Waals surface area contributed by atoms with E-state index < -0.39 is 26.4 Å². The van der Waals surface area contributed by atoms with Gasteiger partial charge < -0.3 is 4.79 Å². The first kappa shape index (κ1) is 15.7. The molecular weight excluding hydrogens is 334 g/mol. The molecule has 1 saturated carbocycles. The molecule has 3 rings (SSSR count). The number of carbonyl (C=O) groups excluding carboxylic acids is 1. The standard InChI is InChI=1S/C17H12ClNO3S/c18-13-6-8-14(9-7-13)23(21,22)16-15(17(16,10-19)11-20)12-4-2-1-3-5-12/h1-9,11,15-16H/t15-,16+,17+/m1/s1. The van der Waals surface area contributed by atoms with Crippen molar-refractivity contribution in [2.75, 3.05) is 0 Å². The third kappa shape index (κ3) is 2.35. The molecule has 23 heavy (non-hydrogen) atoms. The van der Waals surface area contributed by atoms with Gasteiger partial charge in [0.2, 0.25) is 0 Å². The van der Waals surface area contributed by atoms with Crippen LogP contribution >= 0.6 is 11.6 Å². The second kappa shape index (κ2) is 5.48. The molecule has 1 aliphatic carbocycles. The van der Waals surface area contributed by atoms with Crippen molar-refractivity contribution in [3.8, 4) is 6.07 Å². The Morgan fingerprint density at radius 3 is 2.22 bits per heavy atom. The van der Waals surface area contributed by atoms with Gasteiger partial charge in [-0.3, -0.25) is 0 Å². The van der Waals surface area contributed by atoms with Crippen LogP contribution in [-0.2, 0) is 14.6 Å². The predicted molar refractivity (Wildman–Crippen MR) is 85.7 cm³/mol. The van der Waals surface area contributed by atoms with Gasteiger partial charge in [-0.25, -0.2) is 8.42 Å². The highest BCUT2D eigenvalue weighted by Gasteiger charge is 2.72. The molecule has 0 saturated heterocycles. The lowest BCUT2D eigenvalue weighted by Crippen LogP contribution is -2.16. The van der Waals surface area contributed by atoms with Crippen LogP contribution in [0.5, 0.6) is 0 Å². The maximum atomic E-state index is 12.9. The summed E-state index contributed by atoms with van der Waals surface area (Å²) in [7, 11) is -3.82. The van der Waals surface area contributed by atoms with Crippen LogP contribution < -0.4 is 0 Å². The number of benzene rings is 2. The van der Waals surface area contributed by atoms with Gasteiger partial charge in [-0.15, -0.1) is 0 Å². The second-order valence-corrected chi connectivity index (χ2v) is 7.98. The van der Waals surface area contributed by atoms with E-state index in [1.807, 2.05) is 6.07 Å². The summed E-state index contributed by atoms with van der Waals surface area (Å²) in [4.78, 5) is 11.6. The number of carbonyl (C=O) groups is 1. The van der Waals surface area contributed by atoms with Gasteiger partial charge in [0, 0.05) is 10.9 Å². The maximum absolute atomic E-state index is 12.9. The SMILES string of the molecule is N#C[C@]1(C=O)[C@H](c2ccccc2)[C@@H]1S(=O)(=O)c1ccc(Cl)cc1. The van der Waals surface area contributed by atoms with Crippen LogP contribution in [0, 0.1) is 16.7 Å². The largest absolute Gasteiger partial charge is 0.302 e. The molecule has 2 aromatic rings. The van der Waals surface area contributed by atoms with Crippen LogP contribution in [0.4, 0.5) is 0 Å². The van der Waals surface area contributed by atoms with Crippen molar-refractivity contribution in [1.82, 2.24) is 0 Å². The minimum absolute atomic E-state index is 0.0619. The number of hydrogen-bond donors (Lipinski definition) is 0. The van der Waals surface area contributed by atoms with E-state index in [1.165, 1.54) is 24.3 Å². The highest BCUT2D eigenvalue weighted by Crippen LogP contribution is 2.62. The van der Waals surface area contributed by atoms with Crippen LogP contribution in [0.15, 0.2) is 59.5 Å². The summed E-state index contributed by atoms with van der Waals surface area (Å²) in [5.74, 6) is -0.660. The molecule has 0 amide bonds. The van der Waals surface area contributed by atoms with Crippen LogP contribution in [0.1, 0.15) is 11.5 Å². The molecule has 116 valence electrons. The fourth-order valence-corrected chi connectivity index (χ4v) is 5.36. The van der Waals surface area contributed by atoms with Crippen LogP contribution in [-0.4, -0.2) is 20.0 Å². The summed E-state index contributed by atoms with van der Waals surface area (Å²) in [5, 5.41) is 8.78. The fourth-order valence-electron chi connectivity index (χ4n) is 2.99. The van der Waals surface area contributed by atoms with E-state index in [9.17, 15) is 18.5 Å². The number of aldehydes is 1. The first-order valence-electron chi connectivity index (χ1n) is 6.89. The molecule has 0 bridgehead atoms.